The third-order valence-electron chi connectivity index (χ3n) is 4.81. The van der Waals surface area contributed by atoms with Gasteiger partial charge in [0.1, 0.15) is 0 Å². The molecular weight excluding hydrogens is 338 g/mol. The van der Waals surface area contributed by atoms with Gasteiger partial charge in [0, 0.05) is 38.3 Å². The van der Waals surface area contributed by atoms with Crippen LogP contribution in [-0.2, 0) is 4.74 Å². The van der Waals surface area contributed by atoms with Crippen LogP contribution < -0.4 is 0 Å². The van der Waals surface area contributed by atoms with Gasteiger partial charge in [0.2, 0.25) is 0 Å². The van der Waals surface area contributed by atoms with Crippen molar-refractivity contribution in [2.45, 2.75) is 6.42 Å². The van der Waals surface area contributed by atoms with Crippen LogP contribution in [0.5, 0.6) is 0 Å². The van der Waals surface area contributed by atoms with Crippen molar-refractivity contribution in [3.8, 4) is 17.2 Å². The van der Waals surface area contributed by atoms with Crippen LogP contribution in [0, 0.1) is 11.3 Å². The Morgan fingerprint density at radius 3 is 2.33 bits per heavy atom. The summed E-state index contributed by atoms with van der Waals surface area (Å²) in [6.07, 6.45) is 0.344. The standard InChI is InChI=1S/C22H25N3O2/c23-11-4-12-25(14-13-24-15-17-27-18-16-24)22(26)21-9-7-20(8-10-21)19-5-2-1-3-6-19/h1-3,5-10H,4,12-18H2. The van der Waals surface area contributed by atoms with Gasteiger partial charge in [-0.25, -0.2) is 0 Å². The third-order valence-corrected chi connectivity index (χ3v) is 4.81. The van der Waals surface area contributed by atoms with Gasteiger partial charge < -0.3 is 9.64 Å². The number of hydrogen-bond donors (Lipinski definition) is 0. The highest BCUT2D eigenvalue weighted by Crippen LogP contribution is 2.20. The fraction of sp³-hybridized carbons (Fsp3) is 0.364. The second-order valence-electron chi connectivity index (χ2n) is 6.60. The highest BCUT2D eigenvalue weighted by Gasteiger charge is 2.18. The van der Waals surface area contributed by atoms with E-state index >= 15 is 0 Å². The maximum Gasteiger partial charge on any atom is 0.253 e. The first kappa shape index (κ1) is 19.1. The van der Waals surface area contributed by atoms with Gasteiger partial charge in [0.05, 0.1) is 25.7 Å². The van der Waals surface area contributed by atoms with Crippen molar-refractivity contribution in [3.63, 3.8) is 0 Å². The monoisotopic (exact) mass is 363 g/mol. The smallest absolute Gasteiger partial charge is 0.253 e. The van der Waals surface area contributed by atoms with Gasteiger partial charge in [0.25, 0.3) is 5.91 Å². The number of rotatable bonds is 7. The summed E-state index contributed by atoms with van der Waals surface area (Å²) < 4.78 is 5.37. The van der Waals surface area contributed by atoms with E-state index in [0.717, 1.165) is 44.0 Å². The molecule has 0 aliphatic carbocycles. The molecule has 0 aromatic heterocycles. The van der Waals surface area contributed by atoms with Crippen LogP contribution >= 0.6 is 0 Å². The zero-order valence-corrected chi connectivity index (χ0v) is 15.5. The van der Waals surface area contributed by atoms with Crippen LogP contribution in [0.25, 0.3) is 11.1 Å². The molecule has 2 aromatic rings. The maximum absolute atomic E-state index is 12.9. The Balaban J connectivity index is 1.66. The van der Waals surface area contributed by atoms with E-state index in [9.17, 15) is 4.79 Å². The molecule has 0 atom stereocenters. The molecule has 140 valence electrons. The predicted octanol–water partition coefficient (Wildman–Crippen LogP) is 3.04. The summed E-state index contributed by atoms with van der Waals surface area (Å²) in [5, 5.41) is 8.93. The highest BCUT2D eigenvalue weighted by atomic mass is 16.5. The quantitative estimate of drug-likeness (QED) is 0.759. The molecule has 2 aromatic carbocycles. The van der Waals surface area contributed by atoms with Gasteiger partial charge in [-0.2, -0.15) is 5.26 Å². The number of amides is 1. The number of hydrogen-bond acceptors (Lipinski definition) is 4. The average Bonchev–Trinajstić information content (AvgIpc) is 2.75. The van der Waals surface area contributed by atoms with Crippen molar-refractivity contribution < 1.29 is 9.53 Å². The second kappa shape index (κ2) is 9.86. The summed E-state index contributed by atoms with van der Waals surface area (Å²) in [5.74, 6) is -0.0156. The van der Waals surface area contributed by atoms with Crippen LogP contribution in [0.3, 0.4) is 0 Å². The molecule has 5 nitrogen and oxygen atoms in total. The van der Waals surface area contributed by atoms with Gasteiger partial charge in [-0.15, -0.1) is 0 Å². The van der Waals surface area contributed by atoms with Crippen molar-refractivity contribution in [2.75, 3.05) is 45.9 Å². The predicted molar refractivity (Wildman–Crippen MR) is 105 cm³/mol. The summed E-state index contributed by atoms with van der Waals surface area (Å²) in [4.78, 5) is 17.0. The summed E-state index contributed by atoms with van der Waals surface area (Å²) in [7, 11) is 0. The molecule has 0 bridgehead atoms. The van der Waals surface area contributed by atoms with E-state index in [1.807, 2.05) is 42.5 Å². The van der Waals surface area contributed by atoms with E-state index in [1.54, 1.807) is 4.90 Å². The van der Waals surface area contributed by atoms with Gasteiger partial charge in [0.15, 0.2) is 0 Å². The topological polar surface area (TPSA) is 56.6 Å². The first-order valence-electron chi connectivity index (χ1n) is 9.40. The molecule has 0 N–H and O–H groups in total. The van der Waals surface area contributed by atoms with Gasteiger partial charge in [-0.1, -0.05) is 42.5 Å². The molecule has 0 unspecified atom stereocenters. The molecule has 27 heavy (non-hydrogen) atoms. The number of ether oxygens (including phenoxy) is 1. The van der Waals surface area contributed by atoms with Crippen LogP contribution in [0.4, 0.5) is 0 Å². The van der Waals surface area contributed by atoms with Crippen molar-refractivity contribution in [3.05, 3.63) is 60.2 Å². The minimum atomic E-state index is -0.0156. The van der Waals surface area contributed by atoms with E-state index in [0.29, 0.717) is 25.1 Å². The van der Waals surface area contributed by atoms with Crippen molar-refractivity contribution in [1.29, 1.82) is 5.26 Å². The largest absolute Gasteiger partial charge is 0.379 e. The number of nitriles is 1. The Kier molecular flexibility index (Phi) is 6.97. The number of morpholine rings is 1. The van der Waals surface area contributed by atoms with Crippen LogP contribution in [0.1, 0.15) is 16.8 Å². The molecule has 0 spiro atoms. The molecule has 1 fully saturated rings. The number of nitrogens with zero attached hydrogens (tertiary/aromatic N) is 3. The fourth-order valence-corrected chi connectivity index (χ4v) is 3.21. The summed E-state index contributed by atoms with van der Waals surface area (Å²) in [6, 6.07) is 20.0. The Labute approximate surface area is 160 Å². The lowest BCUT2D eigenvalue weighted by Gasteiger charge is -2.30. The molecule has 1 aliphatic rings. The first-order valence-corrected chi connectivity index (χ1v) is 9.40. The number of carbonyl (C=O) groups excluding carboxylic acids is 1. The average molecular weight is 363 g/mol. The molecule has 1 saturated heterocycles. The molecular formula is C22H25N3O2. The molecule has 3 rings (SSSR count). The summed E-state index contributed by atoms with van der Waals surface area (Å²) in [6.45, 7) is 5.17. The normalized spacial score (nSPS) is 14.5. The van der Waals surface area contributed by atoms with Crippen LogP contribution in [0.2, 0.25) is 0 Å². The molecule has 1 amide bonds. The molecule has 0 radical (unpaired) electrons. The van der Waals surface area contributed by atoms with E-state index in [2.05, 4.69) is 23.1 Å². The summed E-state index contributed by atoms with van der Waals surface area (Å²) >= 11 is 0. The Morgan fingerprint density at radius 2 is 1.67 bits per heavy atom. The Bertz CT molecular complexity index is 762. The second-order valence-corrected chi connectivity index (χ2v) is 6.60. The lowest BCUT2D eigenvalue weighted by molar-refractivity contribution is 0.0326. The zero-order valence-electron chi connectivity index (χ0n) is 15.5. The molecule has 1 heterocycles. The minimum absolute atomic E-state index is 0.0156. The summed E-state index contributed by atoms with van der Waals surface area (Å²) in [5.41, 5.74) is 2.88. The lowest BCUT2D eigenvalue weighted by atomic mass is 10.0. The van der Waals surface area contributed by atoms with Crippen LogP contribution in [-0.4, -0.2) is 61.6 Å². The molecule has 5 heteroatoms. The lowest BCUT2D eigenvalue weighted by Crippen LogP contribution is -2.43. The van der Waals surface area contributed by atoms with Gasteiger partial charge >= 0.3 is 0 Å². The SMILES string of the molecule is N#CCCN(CCN1CCOCC1)C(=O)c1ccc(-c2ccccc2)cc1. The van der Waals surface area contributed by atoms with E-state index in [4.69, 9.17) is 10.00 Å². The van der Waals surface area contributed by atoms with Crippen molar-refractivity contribution in [2.24, 2.45) is 0 Å². The van der Waals surface area contributed by atoms with Crippen molar-refractivity contribution in [1.82, 2.24) is 9.80 Å². The maximum atomic E-state index is 12.9. The zero-order chi connectivity index (χ0) is 18.9. The minimum Gasteiger partial charge on any atom is -0.379 e. The third kappa shape index (κ3) is 5.40. The van der Waals surface area contributed by atoms with E-state index in [-0.39, 0.29) is 5.91 Å². The van der Waals surface area contributed by atoms with Crippen molar-refractivity contribution >= 4 is 5.91 Å². The Hall–Kier alpha value is -2.68. The highest BCUT2D eigenvalue weighted by molar-refractivity contribution is 5.94. The number of benzene rings is 2. The van der Waals surface area contributed by atoms with Crippen LogP contribution in [0.15, 0.2) is 54.6 Å². The van der Waals surface area contributed by atoms with Gasteiger partial charge in [-0.05, 0) is 23.3 Å². The Morgan fingerprint density at radius 1 is 1.00 bits per heavy atom. The first-order chi connectivity index (χ1) is 13.3. The van der Waals surface area contributed by atoms with E-state index in [1.165, 1.54) is 0 Å². The van der Waals surface area contributed by atoms with E-state index < -0.39 is 0 Å². The molecule has 0 saturated carbocycles. The van der Waals surface area contributed by atoms with Gasteiger partial charge in [-0.3, -0.25) is 9.69 Å². The molecule has 1 aliphatic heterocycles. The fourth-order valence-electron chi connectivity index (χ4n) is 3.21. The number of carbonyl (C=O) groups is 1.